The van der Waals surface area contributed by atoms with Crippen LogP contribution in [0, 0.1) is 5.92 Å². The Morgan fingerprint density at radius 1 is 1.29 bits per heavy atom. The Morgan fingerprint density at radius 3 is 2.53 bits per heavy atom. The van der Waals surface area contributed by atoms with Crippen LogP contribution in [0.2, 0.25) is 0 Å². The van der Waals surface area contributed by atoms with Gasteiger partial charge in [-0.2, -0.15) is 0 Å². The van der Waals surface area contributed by atoms with Gasteiger partial charge in [0.15, 0.2) is 0 Å². The molecule has 0 radical (unpaired) electrons. The first-order valence-corrected chi connectivity index (χ1v) is 6.79. The highest BCUT2D eigenvalue weighted by Crippen LogP contribution is 2.23. The van der Waals surface area contributed by atoms with E-state index in [1.165, 1.54) is 0 Å². The van der Waals surface area contributed by atoms with Crippen LogP contribution in [0.25, 0.3) is 0 Å². The van der Waals surface area contributed by atoms with E-state index in [2.05, 4.69) is 5.32 Å². The van der Waals surface area contributed by atoms with Gasteiger partial charge in [0.25, 0.3) is 5.91 Å². The number of carbonyl (C=O) groups is 1. The van der Waals surface area contributed by atoms with Crippen LogP contribution in [0.1, 0.15) is 32.6 Å². The molecule has 2 aliphatic rings. The second-order valence-electron chi connectivity index (χ2n) is 5.34. The number of hydrogen-bond donors (Lipinski definition) is 1. The number of nitrogens with one attached hydrogen (secondary N) is 1. The number of piperidine rings is 1. The van der Waals surface area contributed by atoms with Gasteiger partial charge >= 0.3 is 0 Å². The molecule has 4 heteroatoms. The van der Waals surface area contributed by atoms with Crippen LogP contribution in [-0.2, 0) is 9.53 Å². The van der Waals surface area contributed by atoms with Gasteiger partial charge in [-0.1, -0.05) is 0 Å². The van der Waals surface area contributed by atoms with Crippen LogP contribution in [0.4, 0.5) is 0 Å². The summed E-state index contributed by atoms with van der Waals surface area (Å²) in [5.41, 5.74) is 0. The summed E-state index contributed by atoms with van der Waals surface area (Å²) in [5.74, 6) is 0.949. The number of carbonyl (C=O) groups excluding carboxylic acids is 1. The van der Waals surface area contributed by atoms with Gasteiger partial charge < -0.3 is 15.0 Å². The molecule has 1 N–H and O–H groups in total. The van der Waals surface area contributed by atoms with E-state index in [1.54, 1.807) is 0 Å². The molecule has 98 valence electrons. The maximum atomic E-state index is 12.2. The molecule has 2 unspecified atom stereocenters. The normalized spacial score (nSPS) is 30.8. The number of amides is 1. The third-order valence-electron chi connectivity index (χ3n) is 3.93. The minimum Gasteiger partial charge on any atom is -0.365 e. The van der Waals surface area contributed by atoms with Gasteiger partial charge in [0.2, 0.25) is 0 Å². The van der Waals surface area contributed by atoms with Crippen molar-refractivity contribution in [3.8, 4) is 0 Å². The Labute approximate surface area is 104 Å². The monoisotopic (exact) mass is 240 g/mol. The van der Waals surface area contributed by atoms with Crippen molar-refractivity contribution < 1.29 is 9.53 Å². The molecule has 2 heterocycles. The zero-order chi connectivity index (χ0) is 12.3. The molecule has 0 aromatic heterocycles. The Morgan fingerprint density at radius 2 is 2.00 bits per heavy atom. The molecule has 2 aliphatic heterocycles. The van der Waals surface area contributed by atoms with Crippen LogP contribution < -0.4 is 5.32 Å². The molecular weight excluding hydrogens is 216 g/mol. The first-order valence-electron chi connectivity index (χ1n) is 6.79. The van der Waals surface area contributed by atoms with Crippen molar-refractivity contribution in [1.82, 2.24) is 10.2 Å². The maximum Gasteiger partial charge on any atom is 0.251 e. The first kappa shape index (κ1) is 12.8. The van der Waals surface area contributed by atoms with Crippen molar-refractivity contribution in [2.24, 2.45) is 5.92 Å². The van der Waals surface area contributed by atoms with E-state index in [-0.39, 0.29) is 18.1 Å². The quantitative estimate of drug-likeness (QED) is 0.800. The average molecular weight is 240 g/mol. The highest BCUT2D eigenvalue weighted by atomic mass is 16.5. The molecule has 4 nitrogen and oxygen atoms in total. The van der Waals surface area contributed by atoms with Crippen LogP contribution in [0.5, 0.6) is 0 Å². The van der Waals surface area contributed by atoms with E-state index < -0.39 is 0 Å². The van der Waals surface area contributed by atoms with Crippen molar-refractivity contribution in [3.05, 3.63) is 0 Å². The molecule has 0 aliphatic carbocycles. The fourth-order valence-corrected chi connectivity index (χ4v) is 2.83. The van der Waals surface area contributed by atoms with E-state index in [4.69, 9.17) is 4.74 Å². The summed E-state index contributed by atoms with van der Waals surface area (Å²) in [6.45, 7) is 4.92. The molecule has 0 aromatic carbocycles. The van der Waals surface area contributed by atoms with E-state index >= 15 is 0 Å². The van der Waals surface area contributed by atoms with Crippen LogP contribution in [0.15, 0.2) is 0 Å². The SMILES string of the molecule is CNCC1CCN(C(=O)C2CCC(C)O2)CC1. The van der Waals surface area contributed by atoms with Gasteiger partial charge in [0.05, 0.1) is 6.10 Å². The maximum absolute atomic E-state index is 12.2. The molecule has 2 fully saturated rings. The van der Waals surface area contributed by atoms with Crippen molar-refractivity contribution >= 4 is 5.91 Å². The number of nitrogens with zero attached hydrogens (tertiary/aromatic N) is 1. The molecule has 0 aromatic rings. The average Bonchev–Trinajstić information content (AvgIpc) is 2.76. The summed E-state index contributed by atoms with van der Waals surface area (Å²) in [5, 5.41) is 3.21. The lowest BCUT2D eigenvalue weighted by molar-refractivity contribution is -0.144. The van der Waals surface area contributed by atoms with Gasteiger partial charge in [-0.25, -0.2) is 0 Å². The first-order chi connectivity index (χ1) is 8.20. The Hall–Kier alpha value is -0.610. The number of hydrogen-bond acceptors (Lipinski definition) is 3. The summed E-state index contributed by atoms with van der Waals surface area (Å²) >= 11 is 0. The standard InChI is InChI=1S/C13H24N2O2/c1-10-3-4-12(17-10)13(16)15-7-5-11(6-8-15)9-14-2/h10-12,14H,3-9H2,1-2H3. The van der Waals surface area contributed by atoms with Crippen molar-refractivity contribution in [3.63, 3.8) is 0 Å². The number of ether oxygens (including phenoxy) is 1. The third kappa shape index (κ3) is 3.19. The highest BCUT2D eigenvalue weighted by molar-refractivity contribution is 5.81. The number of likely N-dealkylation sites (tertiary alicyclic amines) is 1. The minimum atomic E-state index is -0.161. The summed E-state index contributed by atoms with van der Waals surface area (Å²) < 4.78 is 5.65. The predicted molar refractivity (Wildman–Crippen MR) is 66.8 cm³/mol. The summed E-state index contributed by atoms with van der Waals surface area (Å²) in [4.78, 5) is 14.2. The molecule has 0 bridgehead atoms. The molecule has 2 atom stereocenters. The van der Waals surface area contributed by atoms with Crippen molar-refractivity contribution in [2.75, 3.05) is 26.7 Å². The van der Waals surface area contributed by atoms with E-state index in [1.807, 2.05) is 18.9 Å². The van der Waals surface area contributed by atoms with Crippen LogP contribution >= 0.6 is 0 Å². The lowest BCUT2D eigenvalue weighted by Gasteiger charge is -2.33. The van der Waals surface area contributed by atoms with Crippen LogP contribution in [0.3, 0.4) is 0 Å². The summed E-state index contributed by atoms with van der Waals surface area (Å²) in [6.07, 6.45) is 4.25. The minimum absolute atomic E-state index is 0.161. The topological polar surface area (TPSA) is 41.6 Å². The fraction of sp³-hybridized carbons (Fsp3) is 0.923. The van der Waals surface area contributed by atoms with Crippen molar-refractivity contribution in [1.29, 1.82) is 0 Å². The lowest BCUT2D eigenvalue weighted by Crippen LogP contribution is -2.45. The number of rotatable bonds is 3. The summed E-state index contributed by atoms with van der Waals surface area (Å²) in [7, 11) is 1.99. The molecule has 17 heavy (non-hydrogen) atoms. The molecule has 0 spiro atoms. The van der Waals surface area contributed by atoms with E-state index in [9.17, 15) is 4.79 Å². The van der Waals surface area contributed by atoms with Gasteiger partial charge in [-0.3, -0.25) is 4.79 Å². The van der Waals surface area contributed by atoms with Gasteiger partial charge in [-0.05, 0) is 52.1 Å². The van der Waals surface area contributed by atoms with Gasteiger partial charge in [0, 0.05) is 13.1 Å². The molecule has 2 rings (SSSR count). The molecular formula is C13H24N2O2. The second kappa shape index (κ2) is 5.83. The van der Waals surface area contributed by atoms with E-state index in [0.29, 0.717) is 0 Å². The Kier molecular flexibility index (Phi) is 4.40. The highest BCUT2D eigenvalue weighted by Gasteiger charge is 2.33. The second-order valence-corrected chi connectivity index (χ2v) is 5.34. The van der Waals surface area contributed by atoms with Crippen molar-refractivity contribution in [2.45, 2.75) is 44.8 Å². The molecule has 1 amide bonds. The lowest BCUT2D eigenvalue weighted by atomic mass is 9.96. The largest absolute Gasteiger partial charge is 0.365 e. The van der Waals surface area contributed by atoms with Gasteiger partial charge in [0.1, 0.15) is 6.10 Å². The van der Waals surface area contributed by atoms with Gasteiger partial charge in [-0.15, -0.1) is 0 Å². The zero-order valence-electron chi connectivity index (χ0n) is 10.9. The Balaban J connectivity index is 1.78. The van der Waals surface area contributed by atoms with E-state index in [0.717, 1.165) is 51.2 Å². The summed E-state index contributed by atoms with van der Waals surface area (Å²) in [6, 6.07) is 0. The molecule has 2 saturated heterocycles. The third-order valence-corrected chi connectivity index (χ3v) is 3.93. The predicted octanol–water partition coefficient (Wildman–Crippen LogP) is 1.01. The molecule has 0 saturated carbocycles. The zero-order valence-corrected chi connectivity index (χ0v) is 10.9. The smallest absolute Gasteiger partial charge is 0.251 e. The Bertz CT molecular complexity index is 262. The fourth-order valence-electron chi connectivity index (χ4n) is 2.83. The van der Waals surface area contributed by atoms with Crippen LogP contribution in [-0.4, -0.2) is 49.7 Å².